The van der Waals surface area contributed by atoms with Crippen LogP contribution in [0, 0.1) is 5.92 Å². The maximum Gasteiger partial charge on any atom is 0.330 e. The van der Waals surface area contributed by atoms with Crippen molar-refractivity contribution in [3.8, 4) is 11.5 Å². The van der Waals surface area contributed by atoms with Crippen LogP contribution in [0.4, 0.5) is 0 Å². The molecule has 0 radical (unpaired) electrons. The van der Waals surface area contributed by atoms with Crippen LogP contribution in [-0.2, 0) is 33.8 Å². The Morgan fingerprint density at radius 3 is 1.81 bits per heavy atom. The fraction of sp³-hybridized carbons (Fsp3) is 0.333. The number of aliphatic hydroxyl groups excluding tert-OH is 1. The van der Waals surface area contributed by atoms with Gasteiger partial charge in [0.15, 0.2) is 0 Å². The van der Waals surface area contributed by atoms with E-state index in [0.29, 0.717) is 12.8 Å². The van der Waals surface area contributed by atoms with Crippen LogP contribution < -0.4 is 9.47 Å². The molecule has 1 aliphatic heterocycles. The van der Waals surface area contributed by atoms with Gasteiger partial charge in [0, 0.05) is 6.04 Å². The molecule has 194 valence electrons. The van der Waals surface area contributed by atoms with Gasteiger partial charge >= 0.3 is 5.97 Å². The molecule has 0 saturated carbocycles. The van der Waals surface area contributed by atoms with Crippen molar-refractivity contribution < 1.29 is 28.9 Å². The average molecular weight is 504 g/mol. The Labute approximate surface area is 217 Å². The number of ether oxygens (including phenoxy) is 3. The van der Waals surface area contributed by atoms with E-state index in [1.807, 2.05) is 78.9 Å². The molecule has 0 bridgehead atoms. The summed E-state index contributed by atoms with van der Waals surface area (Å²) in [5.41, 5.74) is 2.86. The van der Waals surface area contributed by atoms with E-state index in [9.17, 15) is 14.7 Å². The number of β-lactam (4-membered cyclic amide) rings is 1. The van der Waals surface area contributed by atoms with E-state index < -0.39 is 24.0 Å². The minimum absolute atomic E-state index is 0.104. The SMILES string of the molecule is COc1ccc(CC(Cc2ccc(OC)cc2)N2C(=O)[C@H](C(C)O)[C@H]2C(=O)OCc2ccccc2)cc1. The Balaban J connectivity index is 1.60. The predicted molar refractivity (Wildman–Crippen MR) is 139 cm³/mol. The number of benzene rings is 3. The van der Waals surface area contributed by atoms with Crippen molar-refractivity contribution in [3.63, 3.8) is 0 Å². The average Bonchev–Trinajstić information content (AvgIpc) is 2.91. The number of nitrogens with zero attached hydrogens (tertiary/aromatic N) is 1. The van der Waals surface area contributed by atoms with Crippen molar-refractivity contribution in [2.75, 3.05) is 14.2 Å². The molecule has 1 saturated heterocycles. The fourth-order valence-corrected chi connectivity index (χ4v) is 4.82. The van der Waals surface area contributed by atoms with Gasteiger partial charge in [-0.1, -0.05) is 54.6 Å². The van der Waals surface area contributed by atoms with Gasteiger partial charge in [0.1, 0.15) is 24.1 Å². The van der Waals surface area contributed by atoms with Crippen LogP contribution in [-0.4, -0.2) is 54.3 Å². The summed E-state index contributed by atoms with van der Waals surface area (Å²) in [7, 11) is 3.23. The van der Waals surface area contributed by atoms with Crippen molar-refractivity contribution in [2.24, 2.45) is 5.92 Å². The summed E-state index contributed by atoms with van der Waals surface area (Å²) in [6.07, 6.45) is 0.0775. The molecule has 1 N–H and O–H groups in total. The third-order valence-corrected chi connectivity index (χ3v) is 6.82. The zero-order valence-corrected chi connectivity index (χ0v) is 21.4. The number of hydrogen-bond acceptors (Lipinski definition) is 6. The quantitative estimate of drug-likeness (QED) is 0.316. The molecule has 1 heterocycles. The highest BCUT2D eigenvalue weighted by Gasteiger charge is 2.56. The first-order valence-corrected chi connectivity index (χ1v) is 12.4. The molecule has 3 aromatic carbocycles. The maximum absolute atomic E-state index is 13.3. The van der Waals surface area contributed by atoms with Crippen molar-refractivity contribution in [2.45, 2.75) is 44.6 Å². The van der Waals surface area contributed by atoms with Gasteiger partial charge in [-0.2, -0.15) is 0 Å². The number of esters is 1. The zero-order valence-electron chi connectivity index (χ0n) is 21.4. The smallest absolute Gasteiger partial charge is 0.330 e. The monoisotopic (exact) mass is 503 g/mol. The number of carbonyl (C=O) groups is 2. The van der Waals surface area contributed by atoms with E-state index in [1.165, 1.54) is 0 Å². The summed E-state index contributed by atoms with van der Waals surface area (Å²) in [6.45, 7) is 1.64. The topological polar surface area (TPSA) is 85.3 Å². The van der Waals surface area contributed by atoms with Gasteiger partial charge in [-0.3, -0.25) is 4.79 Å². The van der Waals surface area contributed by atoms with Crippen LogP contribution in [0.5, 0.6) is 11.5 Å². The number of hydrogen-bond donors (Lipinski definition) is 1. The second-order valence-electron chi connectivity index (χ2n) is 9.31. The molecule has 4 rings (SSSR count). The zero-order chi connectivity index (χ0) is 26.4. The van der Waals surface area contributed by atoms with Gasteiger partial charge in [0.2, 0.25) is 5.91 Å². The standard InChI is InChI=1S/C30H33NO6/c1-20(32)27-28(30(34)37-19-23-7-5-4-6-8-23)31(29(27)33)24(17-21-9-13-25(35-2)14-10-21)18-22-11-15-26(36-3)16-12-22/h4-16,20,24,27-28,32H,17-19H2,1-3H3/t20?,27-,28+/m1/s1. The molecule has 1 fully saturated rings. The number of amides is 1. The molecule has 7 heteroatoms. The fourth-order valence-electron chi connectivity index (χ4n) is 4.82. The van der Waals surface area contributed by atoms with Gasteiger partial charge in [-0.25, -0.2) is 4.79 Å². The normalized spacial score (nSPS) is 17.8. The number of rotatable bonds is 11. The minimum atomic E-state index is -0.972. The van der Waals surface area contributed by atoms with E-state index in [-0.39, 0.29) is 18.6 Å². The molecule has 0 aliphatic carbocycles. The van der Waals surface area contributed by atoms with Crippen LogP contribution in [0.15, 0.2) is 78.9 Å². The number of methoxy groups -OCH3 is 2. The highest BCUT2D eigenvalue weighted by atomic mass is 16.5. The first-order chi connectivity index (χ1) is 17.9. The highest BCUT2D eigenvalue weighted by molar-refractivity contribution is 5.98. The molecular formula is C30H33NO6. The minimum Gasteiger partial charge on any atom is -0.497 e. The third kappa shape index (κ3) is 6.12. The van der Waals surface area contributed by atoms with E-state index >= 15 is 0 Å². The largest absolute Gasteiger partial charge is 0.497 e. The van der Waals surface area contributed by atoms with Gasteiger partial charge in [-0.15, -0.1) is 0 Å². The molecule has 1 unspecified atom stereocenters. The summed E-state index contributed by atoms with van der Waals surface area (Å²) in [5, 5.41) is 10.4. The van der Waals surface area contributed by atoms with Crippen LogP contribution >= 0.6 is 0 Å². The van der Waals surface area contributed by atoms with Crippen LogP contribution in [0.25, 0.3) is 0 Å². The second-order valence-corrected chi connectivity index (χ2v) is 9.31. The Morgan fingerprint density at radius 1 is 0.838 bits per heavy atom. The Bertz CT molecular complexity index is 1130. The van der Waals surface area contributed by atoms with Gasteiger partial charge in [0.05, 0.1) is 26.2 Å². The molecule has 3 aromatic rings. The van der Waals surface area contributed by atoms with Gasteiger partial charge < -0.3 is 24.2 Å². The second kappa shape index (κ2) is 11.9. The lowest BCUT2D eigenvalue weighted by atomic mass is 9.80. The first-order valence-electron chi connectivity index (χ1n) is 12.4. The lowest BCUT2D eigenvalue weighted by Gasteiger charge is -2.50. The maximum atomic E-state index is 13.3. The summed E-state index contributed by atoms with van der Waals surface area (Å²) in [6, 6.07) is 23.5. The van der Waals surface area contributed by atoms with E-state index in [2.05, 4.69) is 0 Å². The number of carbonyl (C=O) groups excluding carboxylic acids is 2. The van der Waals surface area contributed by atoms with E-state index in [1.54, 1.807) is 26.0 Å². The van der Waals surface area contributed by atoms with Crippen molar-refractivity contribution in [3.05, 3.63) is 95.6 Å². The molecule has 0 aromatic heterocycles. The van der Waals surface area contributed by atoms with Crippen LogP contribution in [0.3, 0.4) is 0 Å². The van der Waals surface area contributed by atoms with E-state index in [4.69, 9.17) is 14.2 Å². The predicted octanol–water partition coefficient (Wildman–Crippen LogP) is 3.81. The number of likely N-dealkylation sites (tertiary alicyclic amines) is 1. The summed E-state index contributed by atoms with van der Waals surface area (Å²) < 4.78 is 16.2. The van der Waals surface area contributed by atoms with Crippen molar-refractivity contribution >= 4 is 11.9 Å². The Kier molecular flexibility index (Phi) is 8.46. The van der Waals surface area contributed by atoms with E-state index in [0.717, 1.165) is 28.2 Å². The summed E-state index contributed by atoms with van der Waals surface area (Å²) in [4.78, 5) is 28.2. The van der Waals surface area contributed by atoms with Crippen LogP contribution in [0.2, 0.25) is 0 Å². The van der Waals surface area contributed by atoms with Crippen LogP contribution in [0.1, 0.15) is 23.6 Å². The first kappa shape index (κ1) is 26.2. The summed E-state index contributed by atoms with van der Waals surface area (Å²) >= 11 is 0. The molecule has 1 amide bonds. The molecule has 1 aliphatic rings. The lowest BCUT2D eigenvalue weighted by Crippen LogP contribution is -2.70. The molecule has 37 heavy (non-hydrogen) atoms. The summed E-state index contributed by atoms with van der Waals surface area (Å²) in [5.74, 6) is -0.107. The number of aliphatic hydroxyl groups is 1. The molecule has 0 spiro atoms. The molecular weight excluding hydrogens is 470 g/mol. The van der Waals surface area contributed by atoms with Crippen molar-refractivity contribution in [1.29, 1.82) is 0 Å². The third-order valence-electron chi connectivity index (χ3n) is 6.82. The van der Waals surface area contributed by atoms with Crippen molar-refractivity contribution in [1.82, 2.24) is 4.90 Å². The Morgan fingerprint density at radius 2 is 1.35 bits per heavy atom. The van der Waals surface area contributed by atoms with Gasteiger partial charge in [0.25, 0.3) is 0 Å². The molecule has 7 nitrogen and oxygen atoms in total. The Hall–Kier alpha value is -3.84. The highest BCUT2D eigenvalue weighted by Crippen LogP contribution is 2.35. The lowest BCUT2D eigenvalue weighted by molar-refractivity contribution is -0.185. The van der Waals surface area contributed by atoms with Gasteiger partial charge in [-0.05, 0) is 60.7 Å². The molecule has 3 atom stereocenters.